The predicted molar refractivity (Wildman–Crippen MR) is 78.3 cm³/mol. The van der Waals surface area contributed by atoms with Crippen LogP contribution in [0.25, 0.3) is 10.8 Å². The summed E-state index contributed by atoms with van der Waals surface area (Å²) in [5.74, 6) is 0.788. The van der Waals surface area contributed by atoms with Gasteiger partial charge in [0.2, 0.25) is 10.9 Å². The van der Waals surface area contributed by atoms with Gasteiger partial charge in [0.15, 0.2) is 0 Å². The average Bonchev–Trinajstić information content (AvgIpc) is 2.41. The van der Waals surface area contributed by atoms with Crippen molar-refractivity contribution in [3.05, 3.63) is 36.4 Å². The van der Waals surface area contributed by atoms with Crippen LogP contribution in [0, 0.1) is 0 Å². The van der Waals surface area contributed by atoms with E-state index in [2.05, 4.69) is 11.6 Å². The molecule has 0 aliphatic rings. The highest BCUT2D eigenvalue weighted by Crippen LogP contribution is 2.31. The summed E-state index contributed by atoms with van der Waals surface area (Å²) in [4.78, 5) is 0. The molecule has 0 aliphatic carbocycles. The zero-order valence-electron chi connectivity index (χ0n) is 10.8. The Balaban J connectivity index is 2.39. The summed E-state index contributed by atoms with van der Waals surface area (Å²) in [6, 6.07) is 11.1. The number of benzene rings is 2. The highest BCUT2D eigenvalue weighted by atomic mass is 32.2. The maximum Gasteiger partial charge on any atom is 0.222 e. The Morgan fingerprint density at radius 3 is 2.53 bits per heavy atom. The maximum atomic E-state index is 10.8. The number of unbranched alkanes of at least 4 members (excludes halogenated alkanes) is 1. The normalized spacial score (nSPS) is 10.8. The van der Waals surface area contributed by atoms with Crippen molar-refractivity contribution in [3.63, 3.8) is 0 Å². The van der Waals surface area contributed by atoms with Crippen molar-refractivity contribution in [2.24, 2.45) is 0 Å². The van der Waals surface area contributed by atoms with Gasteiger partial charge in [0.25, 0.3) is 0 Å². The van der Waals surface area contributed by atoms with Gasteiger partial charge in [-0.3, -0.25) is 4.72 Å². The second-order valence-corrected chi connectivity index (χ2v) is 4.97. The number of hydrogen-bond acceptors (Lipinski definition) is 3. The van der Waals surface area contributed by atoms with Gasteiger partial charge < -0.3 is 4.74 Å². The van der Waals surface area contributed by atoms with Crippen LogP contribution < -0.4 is 9.46 Å². The van der Waals surface area contributed by atoms with Gasteiger partial charge in [-0.2, -0.15) is 0 Å². The molecule has 2 aromatic carbocycles. The lowest BCUT2D eigenvalue weighted by molar-refractivity contribution is 0.313. The van der Waals surface area contributed by atoms with E-state index in [0.29, 0.717) is 12.3 Å². The minimum absolute atomic E-state index is 0.578. The predicted octanol–water partition coefficient (Wildman–Crippen LogP) is 2.96. The fourth-order valence-electron chi connectivity index (χ4n) is 1.92. The van der Waals surface area contributed by atoms with Crippen molar-refractivity contribution < 1.29 is 13.2 Å². The summed E-state index contributed by atoms with van der Waals surface area (Å²) >= 11 is 0. The SMILES string of the molecule is CCCCOc1ccc(N[SH](=O)=O)c2ccccc12. The zero-order valence-corrected chi connectivity index (χ0v) is 11.7. The van der Waals surface area contributed by atoms with Crippen LogP contribution in [0.5, 0.6) is 5.75 Å². The molecule has 0 aromatic heterocycles. The van der Waals surface area contributed by atoms with Gasteiger partial charge in [-0.25, -0.2) is 8.42 Å². The van der Waals surface area contributed by atoms with Crippen molar-refractivity contribution in [1.29, 1.82) is 0 Å². The molecule has 0 spiro atoms. The minimum atomic E-state index is -2.66. The molecular formula is C14H17NO3S. The van der Waals surface area contributed by atoms with E-state index in [0.717, 1.165) is 29.4 Å². The van der Waals surface area contributed by atoms with E-state index in [-0.39, 0.29) is 0 Å². The van der Waals surface area contributed by atoms with E-state index in [1.165, 1.54) is 0 Å². The fraction of sp³-hybridized carbons (Fsp3) is 0.286. The Morgan fingerprint density at radius 2 is 1.84 bits per heavy atom. The molecule has 1 N–H and O–H groups in total. The molecule has 2 aromatic rings. The van der Waals surface area contributed by atoms with E-state index in [1.54, 1.807) is 12.1 Å². The molecule has 0 saturated heterocycles. The zero-order chi connectivity index (χ0) is 13.7. The van der Waals surface area contributed by atoms with Gasteiger partial charge in [-0.15, -0.1) is 0 Å². The first kappa shape index (κ1) is 13.7. The van der Waals surface area contributed by atoms with Crippen LogP contribution in [-0.2, 0) is 10.9 Å². The van der Waals surface area contributed by atoms with Crippen LogP contribution in [0.4, 0.5) is 5.69 Å². The quantitative estimate of drug-likeness (QED) is 0.631. The topological polar surface area (TPSA) is 55.4 Å². The van der Waals surface area contributed by atoms with Crippen LogP contribution in [0.3, 0.4) is 0 Å². The van der Waals surface area contributed by atoms with E-state index in [1.807, 2.05) is 24.3 Å². The summed E-state index contributed by atoms with van der Waals surface area (Å²) in [5.41, 5.74) is 0.578. The lowest BCUT2D eigenvalue weighted by Crippen LogP contribution is -1.99. The van der Waals surface area contributed by atoms with Crippen LogP contribution >= 0.6 is 0 Å². The van der Waals surface area contributed by atoms with E-state index in [4.69, 9.17) is 4.74 Å². The summed E-state index contributed by atoms with van der Waals surface area (Å²) in [6.45, 7) is 2.78. The highest BCUT2D eigenvalue weighted by molar-refractivity contribution is 7.73. The number of hydrogen-bond donors (Lipinski definition) is 2. The molecule has 0 aliphatic heterocycles. The summed E-state index contributed by atoms with van der Waals surface area (Å²) in [5, 5.41) is 1.76. The number of nitrogens with one attached hydrogen (secondary N) is 1. The largest absolute Gasteiger partial charge is 0.493 e. The molecule has 19 heavy (non-hydrogen) atoms. The monoisotopic (exact) mass is 279 g/mol. The molecule has 0 saturated carbocycles. The Morgan fingerprint density at radius 1 is 1.11 bits per heavy atom. The van der Waals surface area contributed by atoms with Crippen molar-refractivity contribution in [2.75, 3.05) is 11.3 Å². The number of ether oxygens (including phenoxy) is 1. The highest BCUT2D eigenvalue weighted by Gasteiger charge is 2.06. The lowest BCUT2D eigenvalue weighted by atomic mass is 10.1. The standard InChI is InChI=1S/C14H17NO3S/c1-2-3-10-18-14-9-8-13(15-19(16)17)11-6-4-5-7-12(11)14/h4-9,19H,2-3,10H2,1H3,(H,15,16,17). The third kappa shape index (κ3) is 3.38. The van der Waals surface area contributed by atoms with Gasteiger partial charge in [0, 0.05) is 10.8 Å². The Hall–Kier alpha value is -1.75. The van der Waals surface area contributed by atoms with Crippen molar-refractivity contribution in [2.45, 2.75) is 19.8 Å². The molecule has 0 amide bonds. The van der Waals surface area contributed by atoms with Crippen LogP contribution in [0.1, 0.15) is 19.8 Å². The molecule has 0 bridgehead atoms. The molecule has 0 heterocycles. The Bertz CT molecular complexity index is 630. The molecule has 0 atom stereocenters. The number of rotatable bonds is 6. The van der Waals surface area contributed by atoms with E-state index >= 15 is 0 Å². The maximum absolute atomic E-state index is 10.8. The van der Waals surface area contributed by atoms with Gasteiger partial charge in [-0.1, -0.05) is 37.6 Å². The first-order valence-corrected chi connectivity index (χ1v) is 7.45. The van der Waals surface area contributed by atoms with Crippen LogP contribution in [0.15, 0.2) is 36.4 Å². The van der Waals surface area contributed by atoms with Crippen molar-refractivity contribution in [1.82, 2.24) is 0 Å². The second kappa shape index (κ2) is 6.43. The van der Waals surface area contributed by atoms with Gasteiger partial charge >= 0.3 is 0 Å². The van der Waals surface area contributed by atoms with Crippen molar-refractivity contribution >= 4 is 27.4 Å². The van der Waals surface area contributed by atoms with Crippen LogP contribution in [0.2, 0.25) is 0 Å². The van der Waals surface area contributed by atoms with Crippen LogP contribution in [-0.4, -0.2) is 15.0 Å². The third-order valence-corrected chi connectivity index (χ3v) is 3.27. The molecule has 102 valence electrons. The Labute approximate surface area is 114 Å². The molecule has 0 radical (unpaired) electrons. The smallest absolute Gasteiger partial charge is 0.222 e. The lowest BCUT2D eigenvalue weighted by Gasteiger charge is -2.11. The number of anilines is 1. The molecule has 5 heteroatoms. The first-order valence-electron chi connectivity index (χ1n) is 6.28. The molecule has 0 fully saturated rings. The summed E-state index contributed by atoms with van der Waals surface area (Å²) < 4.78 is 29.8. The van der Waals surface area contributed by atoms with Gasteiger partial charge in [0.05, 0.1) is 12.3 Å². The second-order valence-electron chi connectivity index (χ2n) is 4.23. The third-order valence-electron chi connectivity index (χ3n) is 2.85. The number of fused-ring (bicyclic) bond motifs is 1. The summed E-state index contributed by atoms with van der Waals surface area (Å²) in [6.07, 6.45) is 2.08. The van der Waals surface area contributed by atoms with E-state index in [9.17, 15) is 8.42 Å². The van der Waals surface area contributed by atoms with Crippen molar-refractivity contribution in [3.8, 4) is 5.75 Å². The fourth-order valence-corrected chi connectivity index (χ4v) is 2.31. The molecule has 0 unspecified atom stereocenters. The minimum Gasteiger partial charge on any atom is -0.493 e. The first-order chi connectivity index (χ1) is 9.22. The van der Waals surface area contributed by atoms with E-state index < -0.39 is 10.9 Å². The average molecular weight is 279 g/mol. The molecule has 4 nitrogen and oxygen atoms in total. The summed E-state index contributed by atoms with van der Waals surface area (Å²) in [7, 11) is -2.66. The Kier molecular flexibility index (Phi) is 4.63. The van der Waals surface area contributed by atoms with Gasteiger partial charge in [-0.05, 0) is 18.6 Å². The van der Waals surface area contributed by atoms with Gasteiger partial charge in [0.1, 0.15) is 5.75 Å². The number of thiol groups is 1. The molecule has 2 rings (SSSR count). The molecular weight excluding hydrogens is 262 g/mol.